The van der Waals surface area contributed by atoms with Crippen LogP contribution >= 0.6 is 12.2 Å². The van der Waals surface area contributed by atoms with Gasteiger partial charge in [0.05, 0.1) is 5.69 Å². The summed E-state index contributed by atoms with van der Waals surface area (Å²) in [6.45, 7) is 9.61. The molecule has 1 fully saturated rings. The first kappa shape index (κ1) is 12.0. The van der Waals surface area contributed by atoms with Crippen LogP contribution in [0, 0.1) is 17.6 Å². The number of nitrogens with zero attached hydrogens (tertiary/aromatic N) is 3. The molecule has 0 aromatic carbocycles. The summed E-state index contributed by atoms with van der Waals surface area (Å²) in [7, 11) is 0. The fraction of sp³-hybridized carbons (Fsp3) is 0.692. The van der Waals surface area contributed by atoms with Crippen LogP contribution in [0.2, 0.25) is 0 Å². The second-order valence-electron chi connectivity index (χ2n) is 5.79. The maximum atomic E-state index is 5.54. The summed E-state index contributed by atoms with van der Waals surface area (Å²) in [6, 6.07) is 0. The summed E-state index contributed by atoms with van der Waals surface area (Å²) in [5.41, 5.74) is 3.35. The molecule has 2 aromatic rings. The SMILES string of the molecule is CCn1nc(C)c2[nH]c(=S)n(C(C)(C)C3CC3)c21. The molecule has 0 saturated heterocycles. The van der Waals surface area contributed by atoms with Crippen LogP contribution in [0.1, 0.15) is 39.3 Å². The Morgan fingerprint density at radius 2 is 2.11 bits per heavy atom. The fourth-order valence-corrected chi connectivity index (χ4v) is 3.35. The highest BCUT2D eigenvalue weighted by molar-refractivity contribution is 7.71. The van der Waals surface area contributed by atoms with Crippen LogP contribution < -0.4 is 0 Å². The maximum Gasteiger partial charge on any atom is 0.179 e. The van der Waals surface area contributed by atoms with Crippen LogP contribution in [0.25, 0.3) is 11.2 Å². The van der Waals surface area contributed by atoms with Crippen molar-refractivity contribution >= 4 is 23.4 Å². The Kier molecular flexibility index (Phi) is 2.46. The van der Waals surface area contributed by atoms with Gasteiger partial charge in [-0.1, -0.05) is 0 Å². The van der Waals surface area contributed by atoms with Gasteiger partial charge in [0, 0.05) is 12.1 Å². The topological polar surface area (TPSA) is 38.5 Å². The van der Waals surface area contributed by atoms with E-state index in [0.717, 1.165) is 34.1 Å². The van der Waals surface area contributed by atoms with E-state index >= 15 is 0 Å². The van der Waals surface area contributed by atoms with Crippen molar-refractivity contribution in [2.75, 3.05) is 0 Å². The van der Waals surface area contributed by atoms with Gasteiger partial charge in [-0.2, -0.15) is 5.10 Å². The number of hydrogen-bond acceptors (Lipinski definition) is 2. The summed E-state index contributed by atoms with van der Waals surface area (Å²) in [5.74, 6) is 0.740. The highest BCUT2D eigenvalue weighted by Crippen LogP contribution is 2.45. The van der Waals surface area contributed by atoms with Crippen LogP contribution in [-0.4, -0.2) is 19.3 Å². The average Bonchev–Trinajstić information content (AvgIpc) is 3.04. The first-order chi connectivity index (χ1) is 8.46. The third-order valence-corrected chi connectivity index (χ3v) is 4.48. The van der Waals surface area contributed by atoms with E-state index in [-0.39, 0.29) is 5.54 Å². The summed E-state index contributed by atoms with van der Waals surface area (Å²) >= 11 is 5.54. The van der Waals surface area contributed by atoms with Crippen molar-refractivity contribution in [3.05, 3.63) is 10.5 Å². The van der Waals surface area contributed by atoms with Gasteiger partial charge in [-0.25, -0.2) is 4.68 Å². The van der Waals surface area contributed by atoms with Gasteiger partial charge >= 0.3 is 0 Å². The standard InChI is InChI=1S/C13H20N4S/c1-5-16-11-10(8(2)15-16)14-12(18)17(11)13(3,4)9-6-7-9/h9H,5-7H2,1-4H3,(H,14,18). The van der Waals surface area contributed by atoms with Crippen LogP contribution in [-0.2, 0) is 12.1 Å². The number of aromatic nitrogens is 4. The number of fused-ring (bicyclic) bond motifs is 1. The summed E-state index contributed by atoms with van der Waals surface area (Å²) in [6.07, 6.45) is 2.61. The normalized spacial score (nSPS) is 16.7. The molecule has 0 aliphatic heterocycles. The third kappa shape index (κ3) is 1.49. The lowest BCUT2D eigenvalue weighted by atomic mass is 9.98. The summed E-state index contributed by atoms with van der Waals surface area (Å²) < 4.78 is 5.16. The van der Waals surface area contributed by atoms with Gasteiger partial charge in [0.2, 0.25) is 0 Å². The zero-order valence-electron chi connectivity index (χ0n) is 11.4. The van der Waals surface area contributed by atoms with Crippen molar-refractivity contribution in [2.45, 2.75) is 52.6 Å². The Morgan fingerprint density at radius 1 is 1.44 bits per heavy atom. The van der Waals surface area contributed by atoms with Gasteiger partial charge < -0.3 is 4.98 Å². The fourth-order valence-electron chi connectivity index (χ4n) is 2.93. The monoisotopic (exact) mass is 264 g/mol. The van der Waals surface area contributed by atoms with E-state index in [4.69, 9.17) is 12.2 Å². The molecule has 98 valence electrons. The molecule has 0 unspecified atom stereocenters. The minimum atomic E-state index is 0.0781. The second-order valence-corrected chi connectivity index (χ2v) is 6.18. The highest BCUT2D eigenvalue weighted by atomic mass is 32.1. The molecule has 0 amide bonds. The van der Waals surface area contributed by atoms with Crippen molar-refractivity contribution in [3.8, 4) is 0 Å². The Morgan fingerprint density at radius 3 is 2.67 bits per heavy atom. The van der Waals surface area contributed by atoms with Gasteiger partial charge in [0.15, 0.2) is 10.4 Å². The number of aromatic amines is 1. The average molecular weight is 264 g/mol. The molecule has 0 bridgehead atoms. The molecule has 4 nitrogen and oxygen atoms in total. The molecule has 1 saturated carbocycles. The Balaban J connectivity index is 2.33. The first-order valence-corrected chi connectivity index (χ1v) is 7.06. The summed E-state index contributed by atoms with van der Waals surface area (Å²) in [5, 5.41) is 4.58. The molecule has 0 atom stereocenters. The van der Waals surface area contributed by atoms with E-state index in [2.05, 4.69) is 40.1 Å². The highest BCUT2D eigenvalue weighted by Gasteiger charge is 2.41. The Hall–Kier alpha value is -1.10. The molecule has 5 heteroatoms. The molecule has 2 heterocycles. The van der Waals surface area contributed by atoms with Crippen molar-refractivity contribution in [1.29, 1.82) is 0 Å². The lowest BCUT2D eigenvalue weighted by Crippen LogP contribution is -2.29. The smallest absolute Gasteiger partial charge is 0.179 e. The molecular weight excluding hydrogens is 244 g/mol. The largest absolute Gasteiger partial charge is 0.328 e. The van der Waals surface area contributed by atoms with Crippen LogP contribution in [0.15, 0.2) is 0 Å². The lowest BCUT2D eigenvalue weighted by Gasteiger charge is -2.27. The number of aryl methyl sites for hydroxylation is 2. The molecule has 3 rings (SSSR count). The number of H-pyrrole nitrogens is 1. The van der Waals surface area contributed by atoms with Gasteiger partial charge in [-0.15, -0.1) is 0 Å². The molecule has 1 aliphatic carbocycles. The van der Waals surface area contributed by atoms with E-state index in [0.29, 0.717) is 0 Å². The quantitative estimate of drug-likeness (QED) is 0.863. The van der Waals surface area contributed by atoms with E-state index < -0.39 is 0 Å². The Bertz CT molecular complexity index is 654. The number of rotatable bonds is 3. The van der Waals surface area contributed by atoms with E-state index in [1.807, 2.05) is 6.92 Å². The van der Waals surface area contributed by atoms with E-state index in [1.165, 1.54) is 12.8 Å². The molecule has 1 aliphatic rings. The molecular formula is C13H20N4S. The zero-order chi connectivity index (χ0) is 13.1. The molecule has 1 N–H and O–H groups in total. The number of nitrogens with one attached hydrogen (secondary N) is 1. The van der Waals surface area contributed by atoms with Gasteiger partial charge in [0.25, 0.3) is 0 Å². The third-order valence-electron chi connectivity index (χ3n) is 4.20. The van der Waals surface area contributed by atoms with Crippen LogP contribution in [0.5, 0.6) is 0 Å². The maximum absolute atomic E-state index is 5.54. The molecule has 18 heavy (non-hydrogen) atoms. The summed E-state index contributed by atoms with van der Waals surface area (Å²) in [4.78, 5) is 3.33. The molecule has 0 radical (unpaired) electrons. The minimum Gasteiger partial charge on any atom is -0.328 e. The zero-order valence-corrected chi connectivity index (χ0v) is 12.3. The lowest BCUT2D eigenvalue weighted by molar-refractivity contribution is 0.305. The first-order valence-electron chi connectivity index (χ1n) is 6.65. The molecule has 0 spiro atoms. The predicted molar refractivity (Wildman–Crippen MR) is 75.4 cm³/mol. The van der Waals surface area contributed by atoms with Crippen molar-refractivity contribution in [3.63, 3.8) is 0 Å². The van der Waals surface area contributed by atoms with Crippen molar-refractivity contribution in [2.24, 2.45) is 5.92 Å². The van der Waals surface area contributed by atoms with Gasteiger partial charge in [-0.3, -0.25) is 4.57 Å². The second kappa shape index (κ2) is 3.70. The van der Waals surface area contributed by atoms with Crippen LogP contribution in [0.4, 0.5) is 0 Å². The van der Waals surface area contributed by atoms with Crippen molar-refractivity contribution < 1.29 is 0 Å². The van der Waals surface area contributed by atoms with Crippen molar-refractivity contribution in [1.82, 2.24) is 19.3 Å². The number of imidazole rings is 1. The predicted octanol–water partition coefficient (Wildman–Crippen LogP) is 3.37. The van der Waals surface area contributed by atoms with Gasteiger partial charge in [-0.05, 0) is 58.7 Å². The Labute approximate surface area is 112 Å². The van der Waals surface area contributed by atoms with E-state index in [9.17, 15) is 0 Å². The van der Waals surface area contributed by atoms with Crippen LogP contribution in [0.3, 0.4) is 0 Å². The molecule has 2 aromatic heterocycles. The minimum absolute atomic E-state index is 0.0781. The van der Waals surface area contributed by atoms with Gasteiger partial charge in [0.1, 0.15) is 5.52 Å². The number of hydrogen-bond donors (Lipinski definition) is 1. The van der Waals surface area contributed by atoms with E-state index in [1.54, 1.807) is 0 Å².